The molecule has 0 aliphatic heterocycles. The van der Waals surface area contributed by atoms with Crippen molar-refractivity contribution < 1.29 is 4.79 Å². The van der Waals surface area contributed by atoms with Crippen LogP contribution in [0.15, 0.2) is 12.4 Å². The molecule has 0 aliphatic rings. The van der Waals surface area contributed by atoms with Gasteiger partial charge in [-0.2, -0.15) is 0 Å². The van der Waals surface area contributed by atoms with Crippen LogP contribution in [-0.4, -0.2) is 15.9 Å². The standard InChI is InChI=1S/C10H13N3O/c1-3-4-5-9(14)13-8(2)10-11-6-7-12-10/h1,6-8H,4-5H2,2H3,(H,11,12)(H,13,14). The molecule has 0 fully saturated rings. The molecule has 1 unspecified atom stereocenters. The Labute approximate surface area is 83.1 Å². The molecule has 0 saturated carbocycles. The first-order valence-electron chi connectivity index (χ1n) is 4.46. The average molecular weight is 191 g/mol. The molecule has 0 spiro atoms. The van der Waals surface area contributed by atoms with Crippen molar-refractivity contribution in [3.8, 4) is 12.3 Å². The third kappa shape index (κ3) is 2.94. The predicted molar refractivity (Wildman–Crippen MR) is 53.2 cm³/mol. The molecule has 0 aliphatic carbocycles. The van der Waals surface area contributed by atoms with Gasteiger partial charge in [0.2, 0.25) is 5.91 Å². The lowest BCUT2D eigenvalue weighted by Gasteiger charge is -2.10. The van der Waals surface area contributed by atoms with E-state index in [1.165, 1.54) is 0 Å². The predicted octanol–water partition coefficient (Wildman–Crippen LogP) is 1.00. The second-order valence-electron chi connectivity index (χ2n) is 2.97. The lowest BCUT2D eigenvalue weighted by molar-refractivity contribution is -0.121. The second-order valence-corrected chi connectivity index (χ2v) is 2.97. The Bertz CT molecular complexity index is 324. The summed E-state index contributed by atoms with van der Waals surface area (Å²) in [5, 5.41) is 2.79. The van der Waals surface area contributed by atoms with Gasteiger partial charge in [-0.15, -0.1) is 12.3 Å². The van der Waals surface area contributed by atoms with Crippen molar-refractivity contribution in [3.05, 3.63) is 18.2 Å². The van der Waals surface area contributed by atoms with Crippen molar-refractivity contribution in [1.82, 2.24) is 15.3 Å². The van der Waals surface area contributed by atoms with Gasteiger partial charge in [-0.1, -0.05) is 0 Å². The topological polar surface area (TPSA) is 57.8 Å². The molecule has 1 heterocycles. The summed E-state index contributed by atoms with van der Waals surface area (Å²) in [5.41, 5.74) is 0. The molecule has 0 saturated heterocycles. The lowest BCUT2D eigenvalue weighted by Crippen LogP contribution is -2.26. The van der Waals surface area contributed by atoms with E-state index in [-0.39, 0.29) is 11.9 Å². The summed E-state index contributed by atoms with van der Waals surface area (Å²) in [6.45, 7) is 1.87. The minimum Gasteiger partial charge on any atom is -0.347 e. The number of imidazole rings is 1. The fraction of sp³-hybridized carbons (Fsp3) is 0.400. The number of aromatic nitrogens is 2. The summed E-state index contributed by atoms with van der Waals surface area (Å²) in [4.78, 5) is 18.2. The first kappa shape index (κ1) is 10.3. The van der Waals surface area contributed by atoms with Crippen LogP contribution in [0.5, 0.6) is 0 Å². The maximum absolute atomic E-state index is 11.3. The zero-order valence-electron chi connectivity index (χ0n) is 8.08. The van der Waals surface area contributed by atoms with Gasteiger partial charge in [0.25, 0.3) is 0 Å². The lowest BCUT2D eigenvalue weighted by atomic mass is 10.2. The summed E-state index contributed by atoms with van der Waals surface area (Å²) in [5.74, 6) is 3.12. The molecule has 74 valence electrons. The normalized spacial score (nSPS) is 11.7. The molecule has 1 aromatic heterocycles. The summed E-state index contributed by atoms with van der Waals surface area (Å²) in [6.07, 6.45) is 9.26. The number of hydrogen-bond donors (Lipinski definition) is 2. The Hall–Kier alpha value is -1.76. The molecule has 0 bridgehead atoms. The molecule has 1 atom stereocenters. The van der Waals surface area contributed by atoms with Crippen molar-refractivity contribution >= 4 is 5.91 Å². The Morgan fingerprint density at radius 1 is 1.86 bits per heavy atom. The van der Waals surface area contributed by atoms with E-state index in [4.69, 9.17) is 6.42 Å². The van der Waals surface area contributed by atoms with Crippen LogP contribution in [0.25, 0.3) is 0 Å². The first-order chi connectivity index (χ1) is 6.74. The number of aromatic amines is 1. The molecule has 2 N–H and O–H groups in total. The van der Waals surface area contributed by atoms with Gasteiger partial charge in [-0.25, -0.2) is 4.98 Å². The van der Waals surface area contributed by atoms with Gasteiger partial charge in [0.1, 0.15) is 5.82 Å². The van der Waals surface area contributed by atoms with Gasteiger partial charge < -0.3 is 10.3 Å². The summed E-state index contributed by atoms with van der Waals surface area (Å²) < 4.78 is 0. The highest BCUT2D eigenvalue weighted by Crippen LogP contribution is 2.05. The van der Waals surface area contributed by atoms with Gasteiger partial charge in [-0.3, -0.25) is 4.79 Å². The summed E-state index contributed by atoms with van der Waals surface area (Å²) in [7, 11) is 0. The van der Waals surface area contributed by atoms with E-state index in [0.29, 0.717) is 12.8 Å². The molecule has 0 aromatic carbocycles. The fourth-order valence-corrected chi connectivity index (χ4v) is 1.08. The average Bonchev–Trinajstić information content (AvgIpc) is 2.67. The quantitative estimate of drug-likeness (QED) is 0.697. The van der Waals surface area contributed by atoms with E-state index in [1.807, 2.05) is 6.92 Å². The van der Waals surface area contributed by atoms with Crippen LogP contribution in [-0.2, 0) is 4.79 Å². The maximum Gasteiger partial charge on any atom is 0.221 e. The Morgan fingerprint density at radius 2 is 2.64 bits per heavy atom. The van der Waals surface area contributed by atoms with Crippen molar-refractivity contribution in [1.29, 1.82) is 0 Å². The molecule has 1 rings (SSSR count). The number of amides is 1. The number of carbonyl (C=O) groups is 1. The van der Waals surface area contributed by atoms with E-state index in [2.05, 4.69) is 21.2 Å². The Balaban J connectivity index is 2.38. The van der Waals surface area contributed by atoms with Gasteiger partial charge in [0.15, 0.2) is 0 Å². The molecular weight excluding hydrogens is 178 g/mol. The van der Waals surface area contributed by atoms with Crippen LogP contribution in [0, 0.1) is 12.3 Å². The second kappa shape index (κ2) is 5.07. The maximum atomic E-state index is 11.3. The summed E-state index contributed by atoms with van der Waals surface area (Å²) in [6, 6.07) is -0.102. The monoisotopic (exact) mass is 191 g/mol. The Kier molecular flexibility index (Phi) is 3.74. The number of nitrogens with zero attached hydrogens (tertiary/aromatic N) is 1. The van der Waals surface area contributed by atoms with Crippen molar-refractivity contribution in [2.75, 3.05) is 0 Å². The van der Waals surface area contributed by atoms with E-state index >= 15 is 0 Å². The van der Waals surface area contributed by atoms with Crippen molar-refractivity contribution in [2.24, 2.45) is 0 Å². The largest absolute Gasteiger partial charge is 0.347 e. The minimum absolute atomic E-state index is 0.0492. The zero-order valence-corrected chi connectivity index (χ0v) is 8.08. The van der Waals surface area contributed by atoms with Crippen LogP contribution in [0.2, 0.25) is 0 Å². The molecular formula is C10H13N3O. The van der Waals surface area contributed by atoms with Gasteiger partial charge in [0, 0.05) is 25.2 Å². The van der Waals surface area contributed by atoms with Gasteiger partial charge in [0.05, 0.1) is 6.04 Å². The van der Waals surface area contributed by atoms with Crippen molar-refractivity contribution in [2.45, 2.75) is 25.8 Å². The van der Waals surface area contributed by atoms with Crippen LogP contribution >= 0.6 is 0 Å². The minimum atomic E-state index is -0.102. The highest BCUT2D eigenvalue weighted by molar-refractivity contribution is 5.76. The molecule has 4 nitrogen and oxygen atoms in total. The number of H-pyrrole nitrogens is 1. The number of terminal acetylenes is 1. The highest BCUT2D eigenvalue weighted by Gasteiger charge is 2.09. The summed E-state index contributed by atoms with van der Waals surface area (Å²) >= 11 is 0. The van der Waals surface area contributed by atoms with Crippen LogP contribution in [0.1, 0.15) is 31.6 Å². The van der Waals surface area contributed by atoms with Crippen molar-refractivity contribution in [3.63, 3.8) is 0 Å². The van der Waals surface area contributed by atoms with E-state index in [1.54, 1.807) is 12.4 Å². The zero-order chi connectivity index (χ0) is 10.4. The van der Waals surface area contributed by atoms with E-state index < -0.39 is 0 Å². The number of carbonyl (C=O) groups excluding carboxylic acids is 1. The third-order valence-corrected chi connectivity index (χ3v) is 1.80. The first-order valence-corrected chi connectivity index (χ1v) is 4.46. The smallest absolute Gasteiger partial charge is 0.221 e. The molecule has 1 aromatic rings. The number of hydrogen-bond acceptors (Lipinski definition) is 2. The van der Waals surface area contributed by atoms with Crippen LogP contribution in [0.4, 0.5) is 0 Å². The van der Waals surface area contributed by atoms with Crippen LogP contribution < -0.4 is 5.32 Å². The molecule has 1 amide bonds. The highest BCUT2D eigenvalue weighted by atomic mass is 16.1. The number of rotatable bonds is 4. The van der Waals surface area contributed by atoms with E-state index in [0.717, 1.165) is 5.82 Å². The third-order valence-electron chi connectivity index (χ3n) is 1.80. The fourth-order valence-electron chi connectivity index (χ4n) is 1.08. The molecule has 4 heteroatoms. The van der Waals surface area contributed by atoms with Gasteiger partial charge in [-0.05, 0) is 6.92 Å². The SMILES string of the molecule is C#CCCC(=O)NC(C)c1ncc[nH]1. The Morgan fingerprint density at radius 3 is 3.21 bits per heavy atom. The molecule has 14 heavy (non-hydrogen) atoms. The molecule has 0 radical (unpaired) electrons. The number of nitrogens with one attached hydrogen (secondary N) is 2. The van der Waals surface area contributed by atoms with Crippen LogP contribution in [0.3, 0.4) is 0 Å². The van der Waals surface area contributed by atoms with Gasteiger partial charge >= 0.3 is 0 Å². The van der Waals surface area contributed by atoms with E-state index in [9.17, 15) is 4.79 Å².